The average Bonchev–Trinajstić information content (AvgIpc) is 3.19. The zero-order valence-electron chi connectivity index (χ0n) is 15.5. The van der Waals surface area contributed by atoms with Crippen LogP contribution in [0.5, 0.6) is 0 Å². The standard InChI is InChI=1S/C25H16N4/c1-2-7-17(8-3-1)23-25-24(20-10-4-5-11-21(20)27-23)28-22-13-12-19(16-29(22)25)18-9-6-14-26-15-18/h1-16H. The first kappa shape index (κ1) is 16.0. The number of para-hydroxylation sites is 1. The normalized spacial score (nSPS) is 11.4. The van der Waals surface area contributed by atoms with Gasteiger partial charge in [0.1, 0.15) is 11.2 Å². The fourth-order valence-corrected chi connectivity index (χ4v) is 3.91. The third-order valence-corrected chi connectivity index (χ3v) is 5.28. The first-order chi connectivity index (χ1) is 14.4. The Morgan fingerprint density at radius 2 is 1.48 bits per heavy atom. The highest BCUT2D eigenvalue weighted by atomic mass is 15.0. The van der Waals surface area contributed by atoms with Crippen LogP contribution in [0.2, 0.25) is 0 Å². The summed E-state index contributed by atoms with van der Waals surface area (Å²) >= 11 is 0. The third kappa shape index (κ3) is 2.50. The van der Waals surface area contributed by atoms with Crippen LogP contribution in [0.3, 0.4) is 0 Å². The van der Waals surface area contributed by atoms with Gasteiger partial charge in [0.2, 0.25) is 0 Å². The summed E-state index contributed by atoms with van der Waals surface area (Å²) in [6.45, 7) is 0. The molecule has 0 radical (unpaired) electrons. The Bertz CT molecular complexity index is 1490. The van der Waals surface area contributed by atoms with Crippen molar-refractivity contribution >= 4 is 27.6 Å². The van der Waals surface area contributed by atoms with E-state index in [9.17, 15) is 0 Å². The van der Waals surface area contributed by atoms with Crippen LogP contribution in [-0.2, 0) is 0 Å². The molecule has 0 saturated heterocycles. The van der Waals surface area contributed by atoms with E-state index >= 15 is 0 Å². The van der Waals surface area contributed by atoms with Crippen molar-refractivity contribution < 1.29 is 0 Å². The van der Waals surface area contributed by atoms with Crippen LogP contribution in [0, 0.1) is 0 Å². The molecular formula is C25H16N4. The van der Waals surface area contributed by atoms with Crippen LogP contribution in [-0.4, -0.2) is 19.4 Å². The molecule has 0 fully saturated rings. The predicted molar refractivity (Wildman–Crippen MR) is 117 cm³/mol. The van der Waals surface area contributed by atoms with Crippen molar-refractivity contribution in [1.82, 2.24) is 19.4 Å². The van der Waals surface area contributed by atoms with Gasteiger partial charge in [0, 0.05) is 40.7 Å². The molecule has 0 atom stereocenters. The molecule has 4 heterocycles. The van der Waals surface area contributed by atoms with Crippen molar-refractivity contribution in [3.63, 3.8) is 0 Å². The predicted octanol–water partition coefficient (Wildman–Crippen LogP) is 5.76. The van der Waals surface area contributed by atoms with E-state index in [0.29, 0.717) is 0 Å². The number of hydrogen-bond donors (Lipinski definition) is 0. The number of nitrogens with zero attached hydrogens (tertiary/aromatic N) is 4. The van der Waals surface area contributed by atoms with Gasteiger partial charge >= 0.3 is 0 Å². The Hall–Kier alpha value is -4.05. The van der Waals surface area contributed by atoms with Crippen molar-refractivity contribution in [2.75, 3.05) is 0 Å². The van der Waals surface area contributed by atoms with Gasteiger partial charge in [-0.3, -0.25) is 9.38 Å². The molecule has 2 aromatic carbocycles. The molecule has 0 saturated carbocycles. The maximum Gasteiger partial charge on any atom is 0.138 e. The monoisotopic (exact) mass is 372 g/mol. The van der Waals surface area contributed by atoms with Gasteiger partial charge in [0.05, 0.1) is 16.7 Å². The molecule has 0 amide bonds. The van der Waals surface area contributed by atoms with Gasteiger partial charge in [-0.25, -0.2) is 9.97 Å². The number of imidazole rings is 1. The molecule has 29 heavy (non-hydrogen) atoms. The first-order valence-corrected chi connectivity index (χ1v) is 9.55. The van der Waals surface area contributed by atoms with Gasteiger partial charge in [0.25, 0.3) is 0 Å². The Labute approximate surface area is 167 Å². The van der Waals surface area contributed by atoms with E-state index < -0.39 is 0 Å². The molecule has 4 aromatic heterocycles. The second-order valence-corrected chi connectivity index (χ2v) is 7.04. The lowest BCUT2D eigenvalue weighted by Gasteiger charge is -2.08. The molecular weight excluding hydrogens is 356 g/mol. The highest BCUT2D eigenvalue weighted by molar-refractivity contribution is 6.09. The Kier molecular flexibility index (Phi) is 3.43. The molecule has 0 bridgehead atoms. The summed E-state index contributed by atoms with van der Waals surface area (Å²) in [4.78, 5) is 14.3. The summed E-state index contributed by atoms with van der Waals surface area (Å²) in [6.07, 6.45) is 5.80. The maximum absolute atomic E-state index is 5.03. The summed E-state index contributed by atoms with van der Waals surface area (Å²) in [5.74, 6) is 0. The van der Waals surface area contributed by atoms with E-state index in [2.05, 4.69) is 52.0 Å². The second-order valence-electron chi connectivity index (χ2n) is 7.04. The van der Waals surface area contributed by atoms with Crippen LogP contribution in [0.4, 0.5) is 0 Å². The number of pyridine rings is 3. The highest BCUT2D eigenvalue weighted by Gasteiger charge is 2.16. The minimum Gasteiger partial charge on any atom is -0.297 e. The minimum atomic E-state index is 0.906. The number of benzene rings is 2. The maximum atomic E-state index is 5.03. The fourth-order valence-electron chi connectivity index (χ4n) is 3.91. The lowest BCUT2D eigenvalue weighted by Crippen LogP contribution is -1.93. The number of aromatic nitrogens is 4. The van der Waals surface area contributed by atoms with E-state index in [4.69, 9.17) is 9.97 Å². The van der Waals surface area contributed by atoms with Crippen molar-refractivity contribution in [3.05, 3.63) is 97.5 Å². The molecule has 0 aliphatic carbocycles. The zero-order valence-corrected chi connectivity index (χ0v) is 15.5. The third-order valence-electron chi connectivity index (χ3n) is 5.28. The number of rotatable bonds is 2. The first-order valence-electron chi connectivity index (χ1n) is 9.55. The van der Waals surface area contributed by atoms with Gasteiger partial charge in [-0.05, 0) is 24.3 Å². The fraction of sp³-hybridized carbons (Fsp3) is 0. The molecule has 0 aliphatic heterocycles. The van der Waals surface area contributed by atoms with E-state index in [1.54, 1.807) is 6.20 Å². The van der Waals surface area contributed by atoms with Crippen molar-refractivity contribution in [3.8, 4) is 22.4 Å². The summed E-state index contributed by atoms with van der Waals surface area (Å²) in [5, 5.41) is 1.06. The van der Waals surface area contributed by atoms with E-state index in [1.807, 2.05) is 48.7 Å². The average molecular weight is 372 g/mol. The van der Waals surface area contributed by atoms with Gasteiger partial charge in [-0.15, -0.1) is 0 Å². The molecule has 0 unspecified atom stereocenters. The quantitative estimate of drug-likeness (QED) is 0.388. The Balaban J connectivity index is 1.76. The second kappa shape index (κ2) is 6.24. The smallest absolute Gasteiger partial charge is 0.138 e. The lowest BCUT2D eigenvalue weighted by atomic mass is 10.1. The van der Waals surface area contributed by atoms with Crippen LogP contribution in [0.1, 0.15) is 0 Å². The van der Waals surface area contributed by atoms with Crippen LogP contribution >= 0.6 is 0 Å². The zero-order chi connectivity index (χ0) is 19.2. The van der Waals surface area contributed by atoms with Gasteiger partial charge < -0.3 is 0 Å². The Morgan fingerprint density at radius 1 is 0.655 bits per heavy atom. The van der Waals surface area contributed by atoms with Crippen LogP contribution in [0.25, 0.3) is 50.0 Å². The van der Waals surface area contributed by atoms with E-state index in [0.717, 1.165) is 50.0 Å². The summed E-state index contributed by atoms with van der Waals surface area (Å²) in [7, 11) is 0. The lowest BCUT2D eigenvalue weighted by molar-refractivity contribution is 1.22. The van der Waals surface area contributed by atoms with E-state index in [1.165, 1.54) is 0 Å². The molecule has 6 rings (SSSR count). The van der Waals surface area contributed by atoms with E-state index in [-0.39, 0.29) is 0 Å². The Morgan fingerprint density at radius 3 is 2.34 bits per heavy atom. The highest BCUT2D eigenvalue weighted by Crippen LogP contribution is 2.33. The van der Waals surface area contributed by atoms with Gasteiger partial charge in [0.15, 0.2) is 0 Å². The van der Waals surface area contributed by atoms with Gasteiger partial charge in [-0.1, -0.05) is 54.6 Å². The molecule has 4 heteroatoms. The van der Waals surface area contributed by atoms with Crippen molar-refractivity contribution in [2.45, 2.75) is 0 Å². The molecule has 136 valence electrons. The van der Waals surface area contributed by atoms with Crippen LogP contribution in [0.15, 0.2) is 97.5 Å². The van der Waals surface area contributed by atoms with Crippen molar-refractivity contribution in [2.24, 2.45) is 0 Å². The molecule has 0 aliphatic rings. The van der Waals surface area contributed by atoms with Crippen molar-refractivity contribution in [1.29, 1.82) is 0 Å². The topological polar surface area (TPSA) is 43.1 Å². The summed E-state index contributed by atoms with van der Waals surface area (Å²) in [6, 6.07) is 26.7. The van der Waals surface area contributed by atoms with Gasteiger partial charge in [-0.2, -0.15) is 0 Å². The molecule has 4 nitrogen and oxygen atoms in total. The number of fused-ring (bicyclic) bond motifs is 5. The molecule has 6 aromatic rings. The summed E-state index contributed by atoms with van der Waals surface area (Å²) in [5.41, 5.74) is 8.04. The SMILES string of the molecule is c1ccc(-c2nc3ccccc3c3nc4ccc(-c5cccnc5)cn4c23)cc1. The largest absolute Gasteiger partial charge is 0.297 e. The summed E-state index contributed by atoms with van der Waals surface area (Å²) < 4.78 is 2.15. The minimum absolute atomic E-state index is 0.906. The molecule has 0 N–H and O–H groups in total. The molecule has 0 spiro atoms. The number of hydrogen-bond acceptors (Lipinski definition) is 3. The van der Waals surface area contributed by atoms with Crippen LogP contribution < -0.4 is 0 Å².